The highest BCUT2D eigenvalue weighted by Gasteiger charge is 2.15. The van der Waals surface area contributed by atoms with Crippen molar-refractivity contribution in [1.82, 2.24) is 10.2 Å². The minimum atomic E-state index is -0.170. The summed E-state index contributed by atoms with van der Waals surface area (Å²) >= 11 is 2.90. The van der Waals surface area contributed by atoms with Crippen LogP contribution in [0.4, 0.5) is 5.13 Å². The maximum absolute atomic E-state index is 11.9. The normalized spacial score (nSPS) is 12.1. The SMILES string of the molecule is Cc1nnc(NC(=O)C(C)Sc2ccccc2)s1. The summed E-state index contributed by atoms with van der Waals surface area (Å²) in [5.74, 6) is -0.0556. The minimum absolute atomic E-state index is 0.0556. The predicted octanol–water partition coefficient (Wildman–Crippen LogP) is 2.97. The second-order valence-corrected chi connectivity index (χ2v) is 6.28. The average molecular weight is 279 g/mol. The molecular formula is C12H13N3OS2. The molecule has 0 aliphatic heterocycles. The molecule has 0 spiro atoms. The Morgan fingerprint density at radius 3 is 2.67 bits per heavy atom. The van der Waals surface area contributed by atoms with Gasteiger partial charge in [-0.15, -0.1) is 22.0 Å². The molecule has 0 bridgehead atoms. The third-order valence-electron chi connectivity index (χ3n) is 2.18. The topological polar surface area (TPSA) is 54.9 Å². The smallest absolute Gasteiger partial charge is 0.239 e. The Balaban J connectivity index is 1.93. The van der Waals surface area contributed by atoms with Gasteiger partial charge < -0.3 is 0 Å². The fourth-order valence-corrected chi connectivity index (χ4v) is 2.79. The van der Waals surface area contributed by atoms with Crippen LogP contribution in [-0.2, 0) is 4.79 Å². The summed E-state index contributed by atoms with van der Waals surface area (Å²) in [6, 6.07) is 9.86. The Morgan fingerprint density at radius 1 is 1.33 bits per heavy atom. The molecule has 1 aromatic heterocycles. The molecule has 6 heteroatoms. The van der Waals surface area contributed by atoms with Gasteiger partial charge >= 0.3 is 0 Å². The van der Waals surface area contributed by atoms with Gasteiger partial charge in [-0.3, -0.25) is 10.1 Å². The van der Waals surface area contributed by atoms with Crippen molar-refractivity contribution >= 4 is 34.1 Å². The molecule has 94 valence electrons. The molecule has 0 saturated carbocycles. The number of aryl methyl sites for hydroxylation is 1. The molecule has 0 radical (unpaired) electrons. The lowest BCUT2D eigenvalue weighted by Gasteiger charge is -2.09. The molecule has 2 rings (SSSR count). The number of carbonyl (C=O) groups is 1. The fraction of sp³-hybridized carbons (Fsp3) is 0.250. The van der Waals surface area contributed by atoms with Gasteiger partial charge in [-0.05, 0) is 26.0 Å². The number of nitrogens with one attached hydrogen (secondary N) is 1. The van der Waals surface area contributed by atoms with Crippen LogP contribution in [-0.4, -0.2) is 21.4 Å². The molecule has 0 fully saturated rings. The molecule has 1 aromatic carbocycles. The number of carbonyl (C=O) groups excluding carboxylic acids is 1. The molecule has 18 heavy (non-hydrogen) atoms. The predicted molar refractivity (Wildman–Crippen MR) is 75.0 cm³/mol. The Bertz CT molecular complexity index is 527. The van der Waals surface area contributed by atoms with Gasteiger partial charge in [-0.2, -0.15) is 0 Å². The second-order valence-electron chi connectivity index (χ2n) is 3.69. The van der Waals surface area contributed by atoms with E-state index in [4.69, 9.17) is 0 Å². The summed E-state index contributed by atoms with van der Waals surface area (Å²) in [4.78, 5) is 13.0. The molecule has 1 heterocycles. The van der Waals surface area contributed by atoms with Crippen molar-refractivity contribution in [3.8, 4) is 0 Å². The Kier molecular flexibility index (Phi) is 4.33. The number of hydrogen-bond donors (Lipinski definition) is 1. The van der Waals surface area contributed by atoms with E-state index < -0.39 is 0 Å². The number of benzene rings is 1. The third kappa shape index (κ3) is 3.54. The van der Waals surface area contributed by atoms with Crippen molar-refractivity contribution in [3.63, 3.8) is 0 Å². The number of amides is 1. The highest BCUT2D eigenvalue weighted by molar-refractivity contribution is 8.00. The van der Waals surface area contributed by atoms with E-state index >= 15 is 0 Å². The Morgan fingerprint density at radius 2 is 2.06 bits per heavy atom. The molecule has 4 nitrogen and oxygen atoms in total. The molecule has 0 aliphatic rings. The Hall–Kier alpha value is -1.40. The van der Waals surface area contributed by atoms with E-state index in [1.165, 1.54) is 23.1 Å². The van der Waals surface area contributed by atoms with E-state index in [1.807, 2.05) is 44.2 Å². The molecule has 2 aromatic rings. The highest BCUT2D eigenvalue weighted by atomic mass is 32.2. The molecule has 0 saturated heterocycles. The first kappa shape index (κ1) is 13.0. The van der Waals surface area contributed by atoms with E-state index in [1.54, 1.807) is 0 Å². The minimum Gasteiger partial charge on any atom is -0.300 e. The van der Waals surface area contributed by atoms with Crippen LogP contribution in [0.25, 0.3) is 0 Å². The first-order chi connectivity index (χ1) is 8.65. The van der Waals surface area contributed by atoms with Crippen molar-refractivity contribution in [3.05, 3.63) is 35.3 Å². The molecular weight excluding hydrogens is 266 g/mol. The standard InChI is InChI=1S/C12H13N3OS2/c1-8(17-10-6-4-3-5-7-10)11(16)13-12-15-14-9(2)18-12/h3-8H,1-2H3,(H,13,15,16). The van der Waals surface area contributed by atoms with Crippen LogP contribution in [0.2, 0.25) is 0 Å². The number of hydrogen-bond acceptors (Lipinski definition) is 5. The van der Waals surface area contributed by atoms with Gasteiger partial charge in [0.1, 0.15) is 5.01 Å². The van der Waals surface area contributed by atoms with Crippen LogP contribution in [0, 0.1) is 6.92 Å². The zero-order chi connectivity index (χ0) is 13.0. The average Bonchev–Trinajstić information content (AvgIpc) is 2.76. The molecule has 1 unspecified atom stereocenters. The van der Waals surface area contributed by atoms with Crippen molar-refractivity contribution in [2.45, 2.75) is 24.0 Å². The van der Waals surface area contributed by atoms with Crippen LogP contribution in [0.3, 0.4) is 0 Å². The van der Waals surface area contributed by atoms with Crippen molar-refractivity contribution in [1.29, 1.82) is 0 Å². The summed E-state index contributed by atoms with van der Waals surface area (Å²) in [5, 5.41) is 11.7. The summed E-state index contributed by atoms with van der Waals surface area (Å²) in [7, 11) is 0. The number of rotatable bonds is 4. The van der Waals surface area contributed by atoms with Crippen molar-refractivity contribution < 1.29 is 4.79 Å². The number of aromatic nitrogens is 2. The van der Waals surface area contributed by atoms with Crippen LogP contribution >= 0.6 is 23.1 Å². The summed E-state index contributed by atoms with van der Waals surface area (Å²) in [6.45, 7) is 3.73. The van der Waals surface area contributed by atoms with E-state index in [0.717, 1.165) is 9.90 Å². The first-order valence-electron chi connectivity index (χ1n) is 5.48. The van der Waals surface area contributed by atoms with Gasteiger partial charge in [0.05, 0.1) is 5.25 Å². The Labute approximate surface area is 114 Å². The van der Waals surface area contributed by atoms with Crippen LogP contribution in [0.5, 0.6) is 0 Å². The van der Waals surface area contributed by atoms with Gasteiger partial charge in [0.25, 0.3) is 0 Å². The van der Waals surface area contributed by atoms with Gasteiger partial charge in [-0.25, -0.2) is 0 Å². The fourth-order valence-electron chi connectivity index (χ4n) is 1.31. The zero-order valence-electron chi connectivity index (χ0n) is 10.1. The number of thioether (sulfide) groups is 1. The quantitative estimate of drug-likeness (QED) is 0.874. The number of nitrogens with zero attached hydrogens (tertiary/aromatic N) is 2. The lowest BCUT2D eigenvalue weighted by Crippen LogP contribution is -2.22. The first-order valence-corrected chi connectivity index (χ1v) is 7.17. The van der Waals surface area contributed by atoms with E-state index in [0.29, 0.717) is 5.13 Å². The van der Waals surface area contributed by atoms with Gasteiger partial charge in [0.2, 0.25) is 11.0 Å². The number of anilines is 1. The highest BCUT2D eigenvalue weighted by Crippen LogP contribution is 2.24. The molecule has 0 aliphatic carbocycles. The maximum Gasteiger partial charge on any atom is 0.239 e. The van der Waals surface area contributed by atoms with Crippen LogP contribution in [0.15, 0.2) is 35.2 Å². The zero-order valence-corrected chi connectivity index (χ0v) is 11.7. The van der Waals surface area contributed by atoms with E-state index in [-0.39, 0.29) is 11.2 Å². The van der Waals surface area contributed by atoms with E-state index in [9.17, 15) is 4.79 Å². The van der Waals surface area contributed by atoms with Gasteiger partial charge in [-0.1, -0.05) is 29.5 Å². The van der Waals surface area contributed by atoms with Gasteiger partial charge in [0, 0.05) is 4.90 Å². The second kappa shape index (κ2) is 5.97. The van der Waals surface area contributed by atoms with Crippen LogP contribution in [0.1, 0.15) is 11.9 Å². The van der Waals surface area contributed by atoms with Crippen molar-refractivity contribution in [2.24, 2.45) is 0 Å². The lowest BCUT2D eigenvalue weighted by atomic mass is 10.4. The monoisotopic (exact) mass is 279 g/mol. The van der Waals surface area contributed by atoms with Crippen molar-refractivity contribution in [2.75, 3.05) is 5.32 Å². The van der Waals surface area contributed by atoms with Crippen LogP contribution < -0.4 is 5.32 Å². The summed E-state index contributed by atoms with van der Waals surface area (Å²) in [5.41, 5.74) is 0. The maximum atomic E-state index is 11.9. The molecule has 1 amide bonds. The molecule has 1 N–H and O–H groups in total. The lowest BCUT2D eigenvalue weighted by molar-refractivity contribution is -0.115. The van der Waals surface area contributed by atoms with Gasteiger partial charge in [0.15, 0.2) is 0 Å². The molecule has 1 atom stereocenters. The summed E-state index contributed by atoms with van der Waals surface area (Å²) < 4.78 is 0. The third-order valence-corrected chi connectivity index (χ3v) is 4.05. The van der Waals surface area contributed by atoms with E-state index in [2.05, 4.69) is 15.5 Å². The largest absolute Gasteiger partial charge is 0.300 e. The summed E-state index contributed by atoms with van der Waals surface area (Å²) in [6.07, 6.45) is 0.